The van der Waals surface area contributed by atoms with Gasteiger partial charge in [0.15, 0.2) is 10.7 Å². The Morgan fingerprint density at radius 3 is 2.81 bits per heavy atom. The second-order valence-corrected chi connectivity index (χ2v) is 5.71. The summed E-state index contributed by atoms with van der Waals surface area (Å²) in [6.45, 7) is -0.0244. The number of nitrogens with zero attached hydrogens (tertiary/aromatic N) is 3. The zero-order valence-corrected chi connectivity index (χ0v) is 11.4. The van der Waals surface area contributed by atoms with Gasteiger partial charge in [0.05, 0.1) is 4.92 Å². The Balaban J connectivity index is 2.17. The molecule has 0 amide bonds. The van der Waals surface area contributed by atoms with Crippen LogP contribution in [0.5, 0.6) is 0 Å². The van der Waals surface area contributed by atoms with E-state index < -0.39 is 25.5 Å². The molecule has 0 saturated carbocycles. The lowest BCUT2D eigenvalue weighted by Gasteiger charge is -2.06. The summed E-state index contributed by atoms with van der Waals surface area (Å²) in [4.78, 5) is 13.4. The number of rotatable bonds is 6. The van der Waals surface area contributed by atoms with Gasteiger partial charge in [-0.3, -0.25) is 10.1 Å². The fourth-order valence-electron chi connectivity index (χ4n) is 1.58. The van der Waals surface area contributed by atoms with Crippen LogP contribution in [0, 0.1) is 10.1 Å². The van der Waals surface area contributed by atoms with Gasteiger partial charge < -0.3 is 10.3 Å². The van der Waals surface area contributed by atoms with E-state index in [9.17, 15) is 18.5 Å². The molecule has 0 aliphatic heterocycles. The quantitative estimate of drug-likeness (QED) is 0.431. The van der Waals surface area contributed by atoms with Gasteiger partial charge in [-0.1, -0.05) is 5.16 Å². The molecule has 0 atom stereocenters. The van der Waals surface area contributed by atoms with E-state index in [0.717, 1.165) is 18.5 Å². The number of hydrogen-bond acceptors (Lipinski definition) is 8. The van der Waals surface area contributed by atoms with Crippen LogP contribution in [0.2, 0.25) is 0 Å². The molecule has 0 bridgehead atoms. The van der Waals surface area contributed by atoms with Gasteiger partial charge in [0.25, 0.3) is 5.69 Å². The Hall–Kier alpha value is -2.53. The maximum atomic E-state index is 12.1. The van der Waals surface area contributed by atoms with Crippen molar-refractivity contribution in [2.45, 2.75) is 11.3 Å². The van der Waals surface area contributed by atoms with Gasteiger partial charge in [-0.05, 0) is 12.1 Å². The molecule has 0 radical (unpaired) electrons. The van der Waals surface area contributed by atoms with Crippen LogP contribution in [0.1, 0.15) is 5.82 Å². The molecule has 3 N–H and O–H groups in total. The Kier molecular flexibility index (Phi) is 4.14. The first-order chi connectivity index (χ1) is 9.90. The topological polar surface area (TPSA) is 154 Å². The zero-order chi connectivity index (χ0) is 15.5. The van der Waals surface area contributed by atoms with Crippen molar-refractivity contribution in [3.63, 3.8) is 0 Å². The van der Waals surface area contributed by atoms with Crippen molar-refractivity contribution in [1.29, 1.82) is 0 Å². The summed E-state index contributed by atoms with van der Waals surface area (Å²) in [6.07, 6.45) is 1.31. The average molecular weight is 313 g/mol. The predicted octanol–water partition coefficient (Wildman–Crippen LogP) is 0.0810. The molecule has 0 fully saturated rings. The number of nitrogens with two attached hydrogens (primary N) is 1. The SMILES string of the molecule is Nc1ccc(S(=O)(=O)NCCc2ncon2)c([N+](=O)[O-])c1. The zero-order valence-electron chi connectivity index (χ0n) is 10.6. The third-order valence-electron chi connectivity index (χ3n) is 2.52. The first kappa shape index (κ1) is 14.9. The Bertz CT molecular complexity index is 743. The van der Waals surface area contributed by atoms with Crippen molar-refractivity contribution >= 4 is 21.4 Å². The monoisotopic (exact) mass is 313 g/mol. The number of benzene rings is 1. The molecule has 11 heteroatoms. The lowest BCUT2D eigenvalue weighted by atomic mass is 10.3. The summed E-state index contributed by atoms with van der Waals surface area (Å²) >= 11 is 0. The van der Waals surface area contributed by atoms with Gasteiger partial charge in [0.2, 0.25) is 16.4 Å². The van der Waals surface area contributed by atoms with Crippen LogP contribution in [0.25, 0.3) is 0 Å². The molecule has 0 aliphatic rings. The summed E-state index contributed by atoms with van der Waals surface area (Å²) in [5, 5.41) is 14.4. The van der Waals surface area contributed by atoms with Gasteiger partial charge in [0, 0.05) is 24.7 Å². The number of nitrogens with one attached hydrogen (secondary N) is 1. The highest BCUT2D eigenvalue weighted by Crippen LogP contribution is 2.25. The molecule has 10 nitrogen and oxygen atoms in total. The minimum absolute atomic E-state index is 0.0244. The van der Waals surface area contributed by atoms with E-state index >= 15 is 0 Å². The molecule has 1 aromatic carbocycles. The van der Waals surface area contributed by atoms with Gasteiger partial charge in [-0.25, -0.2) is 13.1 Å². The predicted molar refractivity (Wildman–Crippen MR) is 70.7 cm³/mol. The fraction of sp³-hybridized carbons (Fsp3) is 0.200. The normalized spacial score (nSPS) is 11.4. The molecule has 2 rings (SSSR count). The fourth-order valence-corrected chi connectivity index (χ4v) is 2.76. The van der Waals surface area contributed by atoms with Crippen molar-refractivity contribution in [3.05, 3.63) is 40.5 Å². The number of hydrogen-bond donors (Lipinski definition) is 2. The first-order valence-electron chi connectivity index (χ1n) is 5.69. The molecule has 1 aromatic heterocycles. The highest BCUT2D eigenvalue weighted by molar-refractivity contribution is 7.89. The van der Waals surface area contributed by atoms with E-state index in [1.807, 2.05) is 0 Å². The summed E-state index contributed by atoms with van der Waals surface area (Å²) in [7, 11) is -4.04. The van der Waals surface area contributed by atoms with E-state index in [4.69, 9.17) is 5.73 Å². The molecule has 0 spiro atoms. The smallest absolute Gasteiger partial charge is 0.291 e. The molecule has 2 aromatic rings. The lowest BCUT2D eigenvalue weighted by molar-refractivity contribution is -0.387. The summed E-state index contributed by atoms with van der Waals surface area (Å²) in [5.74, 6) is 0.324. The summed E-state index contributed by atoms with van der Waals surface area (Å²) in [5.41, 5.74) is 4.95. The highest BCUT2D eigenvalue weighted by atomic mass is 32.2. The minimum Gasteiger partial charge on any atom is -0.399 e. The maximum Gasteiger partial charge on any atom is 0.291 e. The van der Waals surface area contributed by atoms with Crippen LogP contribution in [-0.2, 0) is 16.4 Å². The van der Waals surface area contributed by atoms with E-state index in [0.29, 0.717) is 5.82 Å². The van der Waals surface area contributed by atoms with Crippen molar-refractivity contribution in [1.82, 2.24) is 14.9 Å². The number of anilines is 1. The Labute approximate surface area is 119 Å². The van der Waals surface area contributed by atoms with Crippen molar-refractivity contribution in [2.75, 3.05) is 12.3 Å². The number of nitrogen functional groups attached to an aromatic ring is 1. The van der Waals surface area contributed by atoms with E-state index in [-0.39, 0.29) is 18.7 Å². The van der Waals surface area contributed by atoms with Crippen LogP contribution in [0.3, 0.4) is 0 Å². The Morgan fingerprint density at radius 1 is 1.43 bits per heavy atom. The van der Waals surface area contributed by atoms with Crippen LogP contribution < -0.4 is 10.5 Å². The minimum atomic E-state index is -4.04. The van der Waals surface area contributed by atoms with Gasteiger partial charge in [-0.2, -0.15) is 4.98 Å². The molecule has 112 valence electrons. The number of aromatic nitrogens is 2. The van der Waals surface area contributed by atoms with Crippen LogP contribution in [-0.4, -0.2) is 30.0 Å². The average Bonchev–Trinajstić information content (AvgIpc) is 2.91. The second kappa shape index (κ2) is 5.85. The van der Waals surface area contributed by atoms with Crippen LogP contribution >= 0.6 is 0 Å². The highest BCUT2D eigenvalue weighted by Gasteiger charge is 2.25. The van der Waals surface area contributed by atoms with E-state index in [1.54, 1.807) is 0 Å². The molecule has 21 heavy (non-hydrogen) atoms. The molecule has 0 unspecified atom stereocenters. The van der Waals surface area contributed by atoms with E-state index in [2.05, 4.69) is 19.4 Å². The Morgan fingerprint density at radius 2 is 2.19 bits per heavy atom. The van der Waals surface area contributed by atoms with Crippen molar-refractivity contribution in [3.8, 4) is 0 Å². The first-order valence-corrected chi connectivity index (χ1v) is 7.17. The molecule has 1 heterocycles. The van der Waals surface area contributed by atoms with Gasteiger partial charge in [-0.15, -0.1) is 0 Å². The molecule has 0 aliphatic carbocycles. The van der Waals surface area contributed by atoms with Crippen molar-refractivity contribution in [2.24, 2.45) is 0 Å². The third kappa shape index (κ3) is 3.52. The van der Waals surface area contributed by atoms with E-state index in [1.165, 1.54) is 6.07 Å². The van der Waals surface area contributed by atoms with Crippen LogP contribution in [0.15, 0.2) is 34.0 Å². The summed E-state index contributed by atoms with van der Waals surface area (Å²) < 4.78 is 30.9. The van der Waals surface area contributed by atoms with Crippen molar-refractivity contribution < 1.29 is 17.9 Å². The number of sulfonamides is 1. The van der Waals surface area contributed by atoms with Crippen LogP contribution in [0.4, 0.5) is 11.4 Å². The third-order valence-corrected chi connectivity index (χ3v) is 4.03. The standard InChI is InChI=1S/C10H11N5O5S/c11-7-1-2-9(8(5-7)15(16)17)21(18,19)13-4-3-10-12-6-20-14-10/h1-2,5-6,13H,3-4,11H2. The molecule has 0 saturated heterocycles. The molecular formula is C10H11N5O5S. The lowest BCUT2D eigenvalue weighted by Crippen LogP contribution is -2.27. The van der Waals surface area contributed by atoms with Gasteiger partial charge in [0.1, 0.15) is 0 Å². The maximum absolute atomic E-state index is 12.1. The number of nitro benzene ring substituents is 1. The summed E-state index contributed by atoms with van der Waals surface area (Å²) in [6, 6.07) is 3.36. The molecular weight excluding hydrogens is 302 g/mol. The largest absolute Gasteiger partial charge is 0.399 e. The number of nitro groups is 1. The van der Waals surface area contributed by atoms with Gasteiger partial charge >= 0.3 is 0 Å². The second-order valence-electron chi connectivity index (χ2n) is 3.98.